The molecule has 136 valence electrons. The van der Waals surface area contributed by atoms with Gasteiger partial charge < -0.3 is 9.26 Å². The van der Waals surface area contributed by atoms with Crippen LogP contribution >= 0.6 is 0 Å². The Labute approximate surface area is 156 Å². The lowest BCUT2D eigenvalue weighted by molar-refractivity contribution is -0.129. The zero-order chi connectivity index (χ0) is 19.1. The molecule has 1 aliphatic rings. The van der Waals surface area contributed by atoms with E-state index in [9.17, 15) is 4.79 Å². The van der Waals surface area contributed by atoms with Gasteiger partial charge in [0.1, 0.15) is 5.76 Å². The fraction of sp³-hybridized carbons (Fsp3) is 0.190. The standard InChI is InChI=1S/C21H19N3O3/c1-12-5-7-16(8-6-12)20-22-18(21(25)26-20)11-17-9-13(2)24(15(17)4)19-10-14(3)27-23-19/h5-11H,1-4H3. The van der Waals surface area contributed by atoms with Gasteiger partial charge in [-0.3, -0.25) is 4.57 Å². The quantitative estimate of drug-likeness (QED) is 0.521. The first-order valence-electron chi connectivity index (χ1n) is 8.64. The molecule has 6 nitrogen and oxygen atoms in total. The number of aryl methyl sites for hydroxylation is 3. The normalized spacial score (nSPS) is 15.3. The zero-order valence-electron chi connectivity index (χ0n) is 15.6. The number of aliphatic imine (C=N–C) groups is 1. The first kappa shape index (κ1) is 17.0. The zero-order valence-corrected chi connectivity index (χ0v) is 15.6. The predicted molar refractivity (Wildman–Crippen MR) is 102 cm³/mol. The predicted octanol–water partition coefficient (Wildman–Crippen LogP) is 4.04. The molecule has 0 unspecified atom stereocenters. The molecule has 3 aromatic rings. The Balaban J connectivity index is 1.71. The molecule has 0 amide bonds. The number of hydrogen-bond acceptors (Lipinski definition) is 5. The fourth-order valence-corrected chi connectivity index (χ4v) is 3.12. The van der Waals surface area contributed by atoms with Crippen LogP contribution in [0.1, 0.15) is 33.8 Å². The number of cyclic esters (lactones) is 1. The van der Waals surface area contributed by atoms with Gasteiger partial charge in [0.2, 0.25) is 5.90 Å². The van der Waals surface area contributed by atoms with Crippen LogP contribution in [0.3, 0.4) is 0 Å². The van der Waals surface area contributed by atoms with Crippen molar-refractivity contribution >= 4 is 17.9 Å². The number of nitrogens with zero attached hydrogens (tertiary/aromatic N) is 3. The van der Waals surface area contributed by atoms with Crippen LogP contribution in [0.5, 0.6) is 0 Å². The summed E-state index contributed by atoms with van der Waals surface area (Å²) in [5.74, 6) is 1.33. The van der Waals surface area contributed by atoms with Gasteiger partial charge in [-0.1, -0.05) is 22.9 Å². The molecule has 0 spiro atoms. The highest BCUT2D eigenvalue weighted by Gasteiger charge is 2.25. The van der Waals surface area contributed by atoms with Crippen molar-refractivity contribution in [1.82, 2.24) is 9.72 Å². The van der Waals surface area contributed by atoms with Crippen molar-refractivity contribution in [1.29, 1.82) is 0 Å². The molecule has 2 aromatic heterocycles. The van der Waals surface area contributed by atoms with Crippen molar-refractivity contribution in [3.05, 3.63) is 75.9 Å². The van der Waals surface area contributed by atoms with E-state index in [1.165, 1.54) is 0 Å². The summed E-state index contributed by atoms with van der Waals surface area (Å²) in [5, 5.41) is 4.07. The molecule has 4 rings (SSSR count). The smallest absolute Gasteiger partial charge is 0.363 e. The molecule has 27 heavy (non-hydrogen) atoms. The van der Waals surface area contributed by atoms with Crippen LogP contribution in [0.25, 0.3) is 11.9 Å². The second kappa shape index (κ2) is 6.39. The Morgan fingerprint density at radius 1 is 1.04 bits per heavy atom. The molecule has 0 fully saturated rings. The molecule has 6 heteroatoms. The number of rotatable bonds is 3. The maximum Gasteiger partial charge on any atom is 0.363 e. The lowest BCUT2D eigenvalue weighted by Gasteiger charge is -2.03. The van der Waals surface area contributed by atoms with Crippen LogP contribution in [0, 0.1) is 27.7 Å². The summed E-state index contributed by atoms with van der Waals surface area (Å²) in [4.78, 5) is 16.7. The van der Waals surface area contributed by atoms with E-state index >= 15 is 0 Å². The second-order valence-corrected chi connectivity index (χ2v) is 6.66. The van der Waals surface area contributed by atoms with Crippen molar-refractivity contribution in [2.45, 2.75) is 27.7 Å². The van der Waals surface area contributed by atoms with E-state index in [-0.39, 0.29) is 5.70 Å². The van der Waals surface area contributed by atoms with Crippen LogP contribution in [0.15, 0.2) is 51.6 Å². The number of benzene rings is 1. The summed E-state index contributed by atoms with van der Waals surface area (Å²) < 4.78 is 12.5. The van der Waals surface area contributed by atoms with E-state index < -0.39 is 5.97 Å². The van der Waals surface area contributed by atoms with E-state index in [1.54, 1.807) is 6.08 Å². The summed E-state index contributed by atoms with van der Waals surface area (Å²) in [6.45, 7) is 7.80. The average molecular weight is 361 g/mol. The van der Waals surface area contributed by atoms with E-state index in [2.05, 4.69) is 10.1 Å². The van der Waals surface area contributed by atoms with Crippen molar-refractivity contribution in [2.75, 3.05) is 0 Å². The topological polar surface area (TPSA) is 69.6 Å². The minimum absolute atomic E-state index is 0.280. The molecule has 0 saturated carbocycles. The van der Waals surface area contributed by atoms with Gasteiger partial charge in [-0.25, -0.2) is 9.79 Å². The van der Waals surface area contributed by atoms with Crippen molar-refractivity contribution in [3.63, 3.8) is 0 Å². The van der Waals surface area contributed by atoms with Gasteiger partial charge in [-0.2, -0.15) is 0 Å². The third-order valence-corrected chi connectivity index (χ3v) is 4.53. The number of ether oxygens (including phenoxy) is 1. The third-order valence-electron chi connectivity index (χ3n) is 4.53. The molecule has 0 aliphatic carbocycles. The minimum atomic E-state index is -0.451. The van der Waals surface area contributed by atoms with Crippen LogP contribution in [-0.4, -0.2) is 21.6 Å². The molecule has 0 N–H and O–H groups in total. The first-order chi connectivity index (χ1) is 12.9. The Bertz CT molecular complexity index is 1100. The number of carbonyl (C=O) groups excluding carboxylic acids is 1. The monoisotopic (exact) mass is 361 g/mol. The summed E-state index contributed by atoms with van der Waals surface area (Å²) >= 11 is 0. The number of esters is 1. The van der Waals surface area contributed by atoms with Gasteiger partial charge in [0.25, 0.3) is 0 Å². The number of aromatic nitrogens is 2. The Morgan fingerprint density at radius 2 is 1.78 bits per heavy atom. The lowest BCUT2D eigenvalue weighted by atomic mass is 10.1. The molecule has 0 saturated heterocycles. The van der Waals surface area contributed by atoms with Gasteiger partial charge in [0, 0.05) is 23.0 Å². The minimum Gasteiger partial charge on any atom is -0.402 e. The van der Waals surface area contributed by atoms with E-state index in [0.717, 1.165) is 33.8 Å². The number of carbonyl (C=O) groups is 1. The third kappa shape index (κ3) is 3.10. The molecule has 0 bridgehead atoms. The number of hydrogen-bond donors (Lipinski definition) is 0. The molecular formula is C21H19N3O3. The van der Waals surface area contributed by atoms with Gasteiger partial charge in [0.05, 0.1) is 0 Å². The van der Waals surface area contributed by atoms with Gasteiger partial charge in [0.15, 0.2) is 11.5 Å². The van der Waals surface area contributed by atoms with Crippen LogP contribution < -0.4 is 0 Å². The molecule has 1 aromatic carbocycles. The van der Waals surface area contributed by atoms with E-state index in [0.29, 0.717) is 11.7 Å². The Kier molecular flexibility index (Phi) is 4.03. The van der Waals surface area contributed by atoms with Gasteiger partial charge in [-0.15, -0.1) is 0 Å². The van der Waals surface area contributed by atoms with Crippen molar-refractivity contribution in [3.8, 4) is 5.82 Å². The lowest BCUT2D eigenvalue weighted by Crippen LogP contribution is -2.05. The van der Waals surface area contributed by atoms with Crippen molar-refractivity contribution in [2.24, 2.45) is 4.99 Å². The summed E-state index contributed by atoms with van der Waals surface area (Å²) in [7, 11) is 0. The molecule has 3 heterocycles. The van der Waals surface area contributed by atoms with Gasteiger partial charge >= 0.3 is 5.97 Å². The highest BCUT2D eigenvalue weighted by Crippen LogP contribution is 2.25. The second-order valence-electron chi connectivity index (χ2n) is 6.66. The highest BCUT2D eigenvalue weighted by molar-refractivity contribution is 6.12. The van der Waals surface area contributed by atoms with Crippen molar-refractivity contribution < 1.29 is 14.1 Å². The largest absolute Gasteiger partial charge is 0.402 e. The Morgan fingerprint density at radius 3 is 2.44 bits per heavy atom. The Hall–Kier alpha value is -3.41. The molecule has 0 radical (unpaired) electrons. The van der Waals surface area contributed by atoms with Gasteiger partial charge in [-0.05, 0) is 57.5 Å². The maximum absolute atomic E-state index is 12.3. The fourth-order valence-electron chi connectivity index (χ4n) is 3.12. The SMILES string of the molecule is Cc1ccc(C2=NC(=Cc3cc(C)n(-c4cc(C)on4)c3C)C(=O)O2)cc1. The summed E-state index contributed by atoms with van der Waals surface area (Å²) in [6, 6.07) is 11.6. The first-order valence-corrected chi connectivity index (χ1v) is 8.64. The van der Waals surface area contributed by atoms with Crippen LogP contribution in [0.4, 0.5) is 0 Å². The van der Waals surface area contributed by atoms with E-state index in [1.807, 2.05) is 68.7 Å². The van der Waals surface area contributed by atoms with Crippen LogP contribution in [-0.2, 0) is 9.53 Å². The highest BCUT2D eigenvalue weighted by atomic mass is 16.6. The van der Waals surface area contributed by atoms with E-state index in [4.69, 9.17) is 9.26 Å². The summed E-state index contributed by atoms with van der Waals surface area (Å²) in [6.07, 6.45) is 1.75. The average Bonchev–Trinajstić information content (AvgIpc) is 3.28. The molecule has 1 aliphatic heterocycles. The maximum atomic E-state index is 12.3. The molecular weight excluding hydrogens is 342 g/mol. The van der Waals surface area contributed by atoms with Crippen LogP contribution in [0.2, 0.25) is 0 Å². The summed E-state index contributed by atoms with van der Waals surface area (Å²) in [5.41, 5.74) is 5.01. The molecule has 0 atom stereocenters.